The first-order valence-electron chi connectivity index (χ1n) is 6.95. The third-order valence-corrected chi connectivity index (χ3v) is 4.42. The molecular weight excluding hydrogens is 284 g/mol. The first kappa shape index (κ1) is 15.5. The Kier molecular flexibility index (Phi) is 4.96. The molecule has 112 valence electrons. The molecule has 1 heterocycles. The van der Waals surface area contributed by atoms with Crippen molar-refractivity contribution in [3.63, 3.8) is 0 Å². The van der Waals surface area contributed by atoms with E-state index in [0.717, 1.165) is 28.3 Å². The summed E-state index contributed by atoms with van der Waals surface area (Å²) < 4.78 is 5.37. The molecule has 21 heavy (non-hydrogen) atoms. The highest BCUT2D eigenvalue weighted by Gasteiger charge is 2.17. The van der Waals surface area contributed by atoms with Crippen LogP contribution in [0.3, 0.4) is 0 Å². The fourth-order valence-electron chi connectivity index (χ4n) is 2.12. The van der Waals surface area contributed by atoms with Gasteiger partial charge in [0.25, 0.3) is 5.91 Å². The normalized spacial score (nSPS) is 12.0. The van der Waals surface area contributed by atoms with Crippen LogP contribution in [0.2, 0.25) is 0 Å². The van der Waals surface area contributed by atoms with Gasteiger partial charge in [-0.3, -0.25) is 4.79 Å². The highest BCUT2D eigenvalue weighted by molar-refractivity contribution is 7.13. The number of carbonyl (C=O) groups is 1. The standard InChI is InChI=1S/C16H20N2O2S/c1-5-15-17-9-14(21-15)16(19)18-11(3)12-8-10(2)6-7-13(12)20-4/h6-9,11H,5H2,1-4H3,(H,18,19). The van der Waals surface area contributed by atoms with Gasteiger partial charge in [0.15, 0.2) is 0 Å². The lowest BCUT2D eigenvalue weighted by atomic mass is 10.0. The lowest BCUT2D eigenvalue weighted by Crippen LogP contribution is -2.26. The zero-order chi connectivity index (χ0) is 15.4. The molecule has 0 bridgehead atoms. The number of amides is 1. The summed E-state index contributed by atoms with van der Waals surface area (Å²) in [6.45, 7) is 6.01. The molecule has 1 unspecified atom stereocenters. The van der Waals surface area contributed by atoms with Crippen LogP contribution in [0.1, 0.15) is 45.7 Å². The predicted octanol–water partition coefficient (Wildman–Crippen LogP) is 3.51. The summed E-state index contributed by atoms with van der Waals surface area (Å²) in [5, 5.41) is 3.98. The van der Waals surface area contributed by atoms with Gasteiger partial charge in [-0.1, -0.05) is 24.6 Å². The van der Waals surface area contributed by atoms with Crippen molar-refractivity contribution in [2.45, 2.75) is 33.2 Å². The molecule has 0 saturated heterocycles. The quantitative estimate of drug-likeness (QED) is 0.919. The van der Waals surface area contributed by atoms with Crippen LogP contribution in [0.5, 0.6) is 5.75 Å². The molecule has 2 aromatic rings. The zero-order valence-corrected chi connectivity index (χ0v) is 13.6. The van der Waals surface area contributed by atoms with E-state index >= 15 is 0 Å². The Hall–Kier alpha value is -1.88. The number of nitrogens with zero attached hydrogens (tertiary/aromatic N) is 1. The number of nitrogens with one attached hydrogen (secondary N) is 1. The number of hydrogen-bond donors (Lipinski definition) is 1. The van der Waals surface area contributed by atoms with E-state index in [0.29, 0.717) is 4.88 Å². The van der Waals surface area contributed by atoms with Crippen molar-refractivity contribution < 1.29 is 9.53 Å². The topological polar surface area (TPSA) is 51.2 Å². The summed E-state index contributed by atoms with van der Waals surface area (Å²) in [6.07, 6.45) is 2.48. The van der Waals surface area contributed by atoms with Gasteiger partial charge in [0.1, 0.15) is 10.6 Å². The maximum absolute atomic E-state index is 12.3. The molecule has 0 fully saturated rings. The molecule has 0 spiro atoms. The number of rotatable bonds is 5. The van der Waals surface area contributed by atoms with E-state index in [1.807, 2.05) is 39.0 Å². The van der Waals surface area contributed by atoms with Crippen molar-refractivity contribution in [3.8, 4) is 5.75 Å². The SMILES string of the molecule is CCc1ncc(C(=O)NC(C)c2cc(C)ccc2OC)s1. The number of methoxy groups -OCH3 is 1. The van der Waals surface area contributed by atoms with E-state index in [9.17, 15) is 4.79 Å². The molecule has 2 rings (SSSR count). The van der Waals surface area contributed by atoms with Gasteiger partial charge < -0.3 is 10.1 Å². The highest BCUT2D eigenvalue weighted by atomic mass is 32.1. The predicted molar refractivity (Wildman–Crippen MR) is 85.1 cm³/mol. The minimum Gasteiger partial charge on any atom is -0.496 e. The second-order valence-electron chi connectivity index (χ2n) is 4.91. The molecule has 0 radical (unpaired) electrons. The van der Waals surface area contributed by atoms with Gasteiger partial charge in [-0.25, -0.2) is 4.98 Å². The molecule has 1 aromatic heterocycles. The Morgan fingerprint density at radius 2 is 2.24 bits per heavy atom. The van der Waals surface area contributed by atoms with Gasteiger partial charge in [0, 0.05) is 5.56 Å². The molecule has 1 N–H and O–H groups in total. The molecule has 0 aliphatic heterocycles. The van der Waals surface area contributed by atoms with Crippen LogP contribution >= 0.6 is 11.3 Å². The molecule has 0 aliphatic rings. The Labute approximate surface area is 129 Å². The summed E-state index contributed by atoms with van der Waals surface area (Å²) >= 11 is 1.44. The summed E-state index contributed by atoms with van der Waals surface area (Å²) in [6, 6.07) is 5.83. The molecule has 4 nitrogen and oxygen atoms in total. The minimum atomic E-state index is -0.125. The number of thiazole rings is 1. The van der Waals surface area contributed by atoms with Gasteiger partial charge in [-0.05, 0) is 26.3 Å². The van der Waals surface area contributed by atoms with Crippen LogP contribution in [0, 0.1) is 6.92 Å². The van der Waals surface area contributed by atoms with Crippen LogP contribution < -0.4 is 10.1 Å². The first-order chi connectivity index (χ1) is 10.0. The minimum absolute atomic E-state index is 0.0942. The molecule has 1 atom stereocenters. The van der Waals surface area contributed by atoms with Gasteiger partial charge >= 0.3 is 0 Å². The fourth-order valence-corrected chi connectivity index (χ4v) is 2.88. The average Bonchev–Trinajstić information content (AvgIpc) is 2.96. The van der Waals surface area contributed by atoms with E-state index in [-0.39, 0.29) is 11.9 Å². The van der Waals surface area contributed by atoms with E-state index in [2.05, 4.69) is 10.3 Å². The monoisotopic (exact) mass is 304 g/mol. The number of hydrogen-bond acceptors (Lipinski definition) is 4. The van der Waals surface area contributed by atoms with Crippen LogP contribution in [0.15, 0.2) is 24.4 Å². The molecule has 0 aliphatic carbocycles. The maximum Gasteiger partial charge on any atom is 0.263 e. The van der Waals surface area contributed by atoms with Crippen LogP contribution in [0.25, 0.3) is 0 Å². The molecule has 5 heteroatoms. The van der Waals surface area contributed by atoms with Gasteiger partial charge in [0.05, 0.1) is 24.4 Å². The van der Waals surface area contributed by atoms with Gasteiger partial charge in [-0.15, -0.1) is 11.3 Å². The molecular formula is C16H20N2O2S. The third-order valence-electron chi connectivity index (χ3n) is 3.28. The molecule has 1 amide bonds. The summed E-state index contributed by atoms with van der Waals surface area (Å²) in [7, 11) is 1.64. The summed E-state index contributed by atoms with van der Waals surface area (Å²) in [5.41, 5.74) is 2.11. The lowest BCUT2D eigenvalue weighted by molar-refractivity contribution is 0.0943. The van der Waals surface area contributed by atoms with Crippen LogP contribution in [-0.2, 0) is 6.42 Å². The summed E-state index contributed by atoms with van der Waals surface area (Å²) in [5.74, 6) is 0.690. The second-order valence-corrected chi connectivity index (χ2v) is 6.03. The summed E-state index contributed by atoms with van der Waals surface area (Å²) in [4.78, 5) is 17.1. The highest BCUT2D eigenvalue weighted by Crippen LogP contribution is 2.26. The largest absolute Gasteiger partial charge is 0.496 e. The van der Waals surface area contributed by atoms with E-state index in [1.54, 1.807) is 13.3 Å². The van der Waals surface area contributed by atoms with Crippen molar-refractivity contribution >= 4 is 17.2 Å². The van der Waals surface area contributed by atoms with Gasteiger partial charge in [0.2, 0.25) is 0 Å². The third kappa shape index (κ3) is 3.61. The Morgan fingerprint density at radius 3 is 2.86 bits per heavy atom. The number of benzene rings is 1. The van der Waals surface area contributed by atoms with Crippen molar-refractivity contribution in [1.29, 1.82) is 0 Å². The van der Waals surface area contributed by atoms with E-state index in [4.69, 9.17) is 4.74 Å². The number of carbonyl (C=O) groups excluding carboxylic acids is 1. The lowest BCUT2D eigenvalue weighted by Gasteiger charge is -2.17. The molecule has 1 aromatic carbocycles. The second kappa shape index (κ2) is 6.72. The Bertz CT molecular complexity index is 637. The van der Waals surface area contributed by atoms with E-state index in [1.165, 1.54) is 11.3 Å². The first-order valence-corrected chi connectivity index (χ1v) is 7.77. The fraction of sp³-hybridized carbons (Fsp3) is 0.375. The van der Waals surface area contributed by atoms with Crippen molar-refractivity contribution in [1.82, 2.24) is 10.3 Å². The number of aromatic nitrogens is 1. The number of ether oxygens (including phenoxy) is 1. The van der Waals surface area contributed by atoms with Crippen molar-refractivity contribution in [3.05, 3.63) is 45.4 Å². The zero-order valence-electron chi connectivity index (χ0n) is 12.8. The smallest absolute Gasteiger partial charge is 0.263 e. The average molecular weight is 304 g/mol. The Morgan fingerprint density at radius 1 is 1.48 bits per heavy atom. The van der Waals surface area contributed by atoms with Crippen molar-refractivity contribution in [2.24, 2.45) is 0 Å². The van der Waals surface area contributed by atoms with Crippen LogP contribution in [-0.4, -0.2) is 18.0 Å². The molecule has 0 saturated carbocycles. The maximum atomic E-state index is 12.3. The van der Waals surface area contributed by atoms with Crippen LogP contribution in [0.4, 0.5) is 0 Å². The van der Waals surface area contributed by atoms with Crippen molar-refractivity contribution in [2.75, 3.05) is 7.11 Å². The Balaban J connectivity index is 2.15. The van der Waals surface area contributed by atoms with E-state index < -0.39 is 0 Å². The van der Waals surface area contributed by atoms with Gasteiger partial charge in [-0.2, -0.15) is 0 Å². The number of aryl methyl sites for hydroxylation is 2.